The van der Waals surface area contributed by atoms with Crippen molar-refractivity contribution in [1.29, 1.82) is 0 Å². The molecular weight excluding hydrogens is 294 g/mol. The summed E-state index contributed by atoms with van der Waals surface area (Å²) in [7, 11) is -3.59. The average Bonchev–Trinajstić information content (AvgIpc) is 2.70. The third-order valence-electron chi connectivity index (χ3n) is 3.27. The Labute approximate surface area is 125 Å². The lowest BCUT2D eigenvalue weighted by molar-refractivity contribution is 0.263. The molecular formula is C14H21NO5S. The molecule has 6 nitrogen and oxygen atoms in total. The van der Waals surface area contributed by atoms with Gasteiger partial charge in [-0.1, -0.05) is 6.92 Å². The molecule has 0 bridgehead atoms. The number of benzene rings is 1. The van der Waals surface area contributed by atoms with Gasteiger partial charge in [0, 0.05) is 25.6 Å². The van der Waals surface area contributed by atoms with E-state index in [-0.39, 0.29) is 24.0 Å². The van der Waals surface area contributed by atoms with E-state index in [2.05, 4.69) is 4.72 Å². The SMILES string of the molecule is C[C@H](CCO)CNS(=O)(=O)c1ccc2c(c1)OCCCO2. The van der Waals surface area contributed by atoms with Crippen molar-refractivity contribution in [3.8, 4) is 11.5 Å². The highest BCUT2D eigenvalue weighted by molar-refractivity contribution is 7.89. The van der Waals surface area contributed by atoms with Crippen LogP contribution in [-0.4, -0.2) is 39.9 Å². The number of ether oxygens (including phenoxy) is 2. The first-order valence-corrected chi connectivity index (χ1v) is 8.51. The van der Waals surface area contributed by atoms with Crippen LogP contribution in [0.1, 0.15) is 19.8 Å². The molecule has 1 aromatic rings. The molecule has 0 aromatic heterocycles. The first-order valence-electron chi connectivity index (χ1n) is 7.03. The van der Waals surface area contributed by atoms with Crippen molar-refractivity contribution in [3.05, 3.63) is 18.2 Å². The summed E-state index contributed by atoms with van der Waals surface area (Å²) in [5.74, 6) is 1.10. The summed E-state index contributed by atoms with van der Waals surface area (Å²) in [6.45, 7) is 3.30. The number of sulfonamides is 1. The fourth-order valence-electron chi connectivity index (χ4n) is 1.97. The van der Waals surface area contributed by atoms with Crippen molar-refractivity contribution in [2.45, 2.75) is 24.7 Å². The van der Waals surface area contributed by atoms with Gasteiger partial charge in [-0.15, -0.1) is 0 Å². The van der Waals surface area contributed by atoms with Crippen LogP contribution in [0.2, 0.25) is 0 Å². The van der Waals surface area contributed by atoms with Gasteiger partial charge in [0.25, 0.3) is 0 Å². The lowest BCUT2D eigenvalue weighted by Gasteiger charge is -2.13. The monoisotopic (exact) mass is 315 g/mol. The van der Waals surface area contributed by atoms with Crippen LogP contribution in [-0.2, 0) is 10.0 Å². The van der Waals surface area contributed by atoms with Crippen LogP contribution in [0, 0.1) is 5.92 Å². The number of aliphatic hydroxyl groups is 1. The molecule has 2 N–H and O–H groups in total. The Morgan fingerprint density at radius 2 is 2.00 bits per heavy atom. The lowest BCUT2D eigenvalue weighted by Crippen LogP contribution is -2.28. The van der Waals surface area contributed by atoms with E-state index >= 15 is 0 Å². The van der Waals surface area contributed by atoms with Crippen LogP contribution in [0.25, 0.3) is 0 Å². The standard InChI is InChI=1S/C14H21NO5S/c1-11(5-6-16)10-15-21(17,18)12-3-4-13-14(9-12)20-8-2-7-19-13/h3-4,9,11,15-16H,2,5-8,10H2,1H3/t11-/m1/s1. The van der Waals surface area contributed by atoms with E-state index < -0.39 is 10.0 Å². The van der Waals surface area contributed by atoms with Crippen LogP contribution in [0.3, 0.4) is 0 Å². The predicted octanol–water partition coefficient (Wildman–Crippen LogP) is 1.14. The van der Waals surface area contributed by atoms with Crippen molar-refractivity contribution in [3.63, 3.8) is 0 Å². The van der Waals surface area contributed by atoms with Crippen molar-refractivity contribution in [2.24, 2.45) is 5.92 Å². The number of fused-ring (bicyclic) bond motifs is 1. The van der Waals surface area contributed by atoms with E-state index in [0.717, 1.165) is 6.42 Å². The molecule has 21 heavy (non-hydrogen) atoms. The molecule has 0 saturated carbocycles. The van der Waals surface area contributed by atoms with Crippen molar-refractivity contribution < 1.29 is 23.0 Å². The molecule has 1 aromatic carbocycles. The number of aliphatic hydroxyl groups excluding tert-OH is 1. The smallest absolute Gasteiger partial charge is 0.240 e. The maximum Gasteiger partial charge on any atom is 0.240 e. The minimum absolute atomic E-state index is 0.0485. The van der Waals surface area contributed by atoms with Crippen LogP contribution in [0.5, 0.6) is 11.5 Å². The van der Waals surface area contributed by atoms with Crippen molar-refractivity contribution in [1.82, 2.24) is 4.72 Å². The van der Waals surface area contributed by atoms with Crippen LogP contribution < -0.4 is 14.2 Å². The van der Waals surface area contributed by atoms with Crippen molar-refractivity contribution in [2.75, 3.05) is 26.4 Å². The third kappa shape index (κ3) is 4.33. The summed E-state index contributed by atoms with van der Waals surface area (Å²) in [5.41, 5.74) is 0. The maximum atomic E-state index is 12.2. The first kappa shape index (κ1) is 16.1. The Balaban J connectivity index is 2.11. The number of rotatable bonds is 6. The van der Waals surface area contributed by atoms with Gasteiger partial charge in [0.1, 0.15) is 0 Å². The molecule has 1 aliphatic heterocycles. The summed E-state index contributed by atoms with van der Waals surface area (Å²) in [5, 5.41) is 8.83. The second-order valence-corrected chi connectivity index (χ2v) is 6.90. The zero-order valence-corrected chi connectivity index (χ0v) is 12.9. The number of hydrogen-bond donors (Lipinski definition) is 2. The Morgan fingerprint density at radius 3 is 2.71 bits per heavy atom. The van der Waals surface area contributed by atoms with Crippen LogP contribution in [0.4, 0.5) is 0 Å². The summed E-state index contributed by atoms with van der Waals surface area (Å²) in [4.78, 5) is 0.156. The molecule has 0 spiro atoms. The second-order valence-electron chi connectivity index (χ2n) is 5.13. The summed E-state index contributed by atoms with van der Waals surface area (Å²) in [6, 6.07) is 4.61. The van der Waals surface area contributed by atoms with Gasteiger partial charge in [-0.25, -0.2) is 13.1 Å². The van der Waals surface area contributed by atoms with Gasteiger partial charge in [0.15, 0.2) is 11.5 Å². The summed E-state index contributed by atoms with van der Waals surface area (Å²) in [6.07, 6.45) is 1.33. The third-order valence-corrected chi connectivity index (χ3v) is 4.69. The predicted molar refractivity (Wildman–Crippen MR) is 78.1 cm³/mol. The van der Waals surface area contributed by atoms with Gasteiger partial charge < -0.3 is 14.6 Å². The molecule has 118 valence electrons. The highest BCUT2D eigenvalue weighted by Gasteiger charge is 2.19. The van der Waals surface area contributed by atoms with Gasteiger partial charge in [-0.2, -0.15) is 0 Å². The van der Waals surface area contributed by atoms with E-state index in [1.54, 1.807) is 6.07 Å². The van der Waals surface area contributed by atoms with Crippen molar-refractivity contribution >= 4 is 10.0 Å². The minimum atomic E-state index is -3.59. The van der Waals surface area contributed by atoms with Crippen LogP contribution >= 0.6 is 0 Å². The topological polar surface area (TPSA) is 84.9 Å². The van der Waals surface area contributed by atoms with E-state index in [1.807, 2.05) is 6.92 Å². The molecule has 0 unspecified atom stereocenters. The van der Waals surface area contributed by atoms with E-state index in [4.69, 9.17) is 14.6 Å². The molecule has 1 heterocycles. The fraction of sp³-hybridized carbons (Fsp3) is 0.571. The summed E-state index contributed by atoms with van der Waals surface area (Å²) < 4.78 is 38.0. The van der Waals surface area contributed by atoms with E-state index in [1.165, 1.54) is 12.1 Å². The second kappa shape index (κ2) is 7.11. The largest absolute Gasteiger partial charge is 0.490 e. The van der Waals surface area contributed by atoms with Gasteiger partial charge in [-0.05, 0) is 24.5 Å². The Hall–Kier alpha value is -1.31. The molecule has 1 aliphatic rings. The normalized spacial score (nSPS) is 16.3. The maximum absolute atomic E-state index is 12.2. The zero-order chi connectivity index (χ0) is 15.3. The highest BCUT2D eigenvalue weighted by Crippen LogP contribution is 2.31. The van der Waals surface area contributed by atoms with Crippen LogP contribution in [0.15, 0.2) is 23.1 Å². The van der Waals surface area contributed by atoms with Gasteiger partial charge in [0.05, 0.1) is 18.1 Å². The minimum Gasteiger partial charge on any atom is -0.490 e. The van der Waals surface area contributed by atoms with E-state index in [9.17, 15) is 8.42 Å². The fourth-order valence-corrected chi connectivity index (χ4v) is 3.15. The van der Waals surface area contributed by atoms with Gasteiger partial charge in [-0.3, -0.25) is 0 Å². The molecule has 0 amide bonds. The Kier molecular flexibility index (Phi) is 5.44. The molecule has 0 fully saturated rings. The molecule has 0 radical (unpaired) electrons. The quantitative estimate of drug-likeness (QED) is 0.822. The highest BCUT2D eigenvalue weighted by atomic mass is 32.2. The zero-order valence-electron chi connectivity index (χ0n) is 12.0. The average molecular weight is 315 g/mol. The number of nitrogens with one attached hydrogen (secondary N) is 1. The Morgan fingerprint density at radius 1 is 1.29 bits per heavy atom. The number of hydrogen-bond acceptors (Lipinski definition) is 5. The molecule has 0 aliphatic carbocycles. The van der Waals surface area contributed by atoms with E-state index in [0.29, 0.717) is 31.1 Å². The van der Waals surface area contributed by atoms with Gasteiger partial charge >= 0.3 is 0 Å². The molecule has 7 heteroatoms. The Bertz CT molecular complexity index is 573. The molecule has 2 rings (SSSR count). The molecule has 1 atom stereocenters. The first-order chi connectivity index (χ1) is 10.0. The lowest BCUT2D eigenvalue weighted by atomic mass is 10.1. The molecule has 0 saturated heterocycles. The summed E-state index contributed by atoms with van der Waals surface area (Å²) >= 11 is 0. The van der Waals surface area contributed by atoms with Gasteiger partial charge in [0.2, 0.25) is 10.0 Å².